The average molecular weight is 192 g/mol. The molecule has 1 aromatic rings. The molecule has 3 heteroatoms. The van der Waals surface area contributed by atoms with Gasteiger partial charge in [0, 0.05) is 12.5 Å². The maximum atomic E-state index is 11.2. The molecule has 0 aromatic heterocycles. The number of aryl methyl sites for hydroxylation is 1. The van der Waals surface area contributed by atoms with E-state index in [2.05, 4.69) is 0 Å². The summed E-state index contributed by atoms with van der Waals surface area (Å²) < 4.78 is 10.2. The summed E-state index contributed by atoms with van der Waals surface area (Å²) in [6, 6.07) is 5.60. The summed E-state index contributed by atoms with van der Waals surface area (Å²) in [5, 5.41) is 0. The molecule has 0 N–H and O–H groups in total. The zero-order chi connectivity index (χ0) is 9.97. The van der Waals surface area contributed by atoms with Crippen LogP contribution in [0.15, 0.2) is 18.2 Å². The summed E-state index contributed by atoms with van der Waals surface area (Å²) in [5.41, 5.74) is 1.08. The number of carbonyl (C=O) groups is 1. The Hall–Kier alpha value is -1.51. The highest BCUT2D eigenvalue weighted by molar-refractivity contribution is 5.73. The Morgan fingerprint density at radius 1 is 1.36 bits per heavy atom. The van der Waals surface area contributed by atoms with Crippen molar-refractivity contribution in [1.29, 1.82) is 0 Å². The molecule has 0 bridgehead atoms. The van der Waals surface area contributed by atoms with Gasteiger partial charge in [-0.3, -0.25) is 4.79 Å². The Bertz CT molecular complexity index is 358. The Balaban J connectivity index is 2.36. The minimum absolute atomic E-state index is 0.156. The van der Waals surface area contributed by atoms with Crippen LogP contribution in [0.1, 0.15) is 18.4 Å². The highest BCUT2D eigenvalue weighted by atomic mass is 16.5. The fourth-order valence-electron chi connectivity index (χ4n) is 1.56. The standard InChI is InChI=1S/C11H12O3/c1-13-9-6-5-8-3-2-4-11(12)14-10(8)7-9/h5-7H,2-4H2,1H3. The minimum Gasteiger partial charge on any atom is -0.497 e. The molecule has 2 rings (SSSR count). The van der Waals surface area contributed by atoms with Gasteiger partial charge in [-0.2, -0.15) is 0 Å². The van der Waals surface area contributed by atoms with E-state index < -0.39 is 0 Å². The first-order valence-corrected chi connectivity index (χ1v) is 4.67. The molecule has 0 saturated carbocycles. The van der Waals surface area contributed by atoms with Gasteiger partial charge in [0.05, 0.1) is 7.11 Å². The van der Waals surface area contributed by atoms with E-state index in [0.717, 1.165) is 24.2 Å². The highest BCUT2D eigenvalue weighted by Gasteiger charge is 2.15. The molecule has 3 nitrogen and oxygen atoms in total. The number of hydrogen-bond donors (Lipinski definition) is 0. The van der Waals surface area contributed by atoms with Crippen LogP contribution < -0.4 is 9.47 Å². The predicted octanol–water partition coefficient (Wildman–Crippen LogP) is 1.94. The molecule has 1 aliphatic heterocycles. The number of ether oxygens (including phenoxy) is 2. The molecule has 74 valence electrons. The van der Waals surface area contributed by atoms with Crippen molar-refractivity contribution in [1.82, 2.24) is 0 Å². The minimum atomic E-state index is -0.156. The predicted molar refractivity (Wildman–Crippen MR) is 51.6 cm³/mol. The van der Waals surface area contributed by atoms with E-state index in [1.807, 2.05) is 12.1 Å². The number of carbonyl (C=O) groups excluding carboxylic acids is 1. The van der Waals surface area contributed by atoms with E-state index >= 15 is 0 Å². The third-order valence-corrected chi connectivity index (χ3v) is 2.33. The van der Waals surface area contributed by atoms with Gasteiger partial charge >= 0.3 is 5.97 Å². The van der Waals surface area contributed by atoms with Gasteiger partial charge in [-0.15, -0.1) is 0 Å². The van der Waals surface area contributed by atoms with Crippen molar-refractivity contribution in [2.75, 3.05) is 7.11 Å². The smallest absolute Gasteiger partial charge is 0.311 e. The van der Waals surface area contributed by atoms with Crippen molar-refractivity contribution in [3.63, 3.8) is 0 Å². The lowest BCUT2D eigenvalue weighted by Crippen LogP contribution is -2.05. The molecule has 0 aliphatic carbocycles. The van der Waals surface area contributed by atoms with Crippen LogP contribution in [0.4, 0.5) is 0 Å². The molecule has 0 amide bonds. The zero-order valence-corrected chi connectivity index (χ0v) is 8.08. The van der Waals surface area contributed by atoms with Crippen LogP contribution in [0.5, 0.6) is 11.5 Å². The van der Waals surface area contributed by atoms with E-state index in [4.69, 9.17) is 9.47 Å². The van der Waals surface area contributed by atoms with Crippen LogP contribution >= 0.6 is 0 Å². The third kappa shape index (κ3) is 1.71. The Morgan fingerprint density at radius 2 is 2.21 bits per heavy atom. The molecule has 1 heterocycles. The second-order valence-corrected chi connectivity index (χ2v) is 3.30. The number of benzene rings is 1. The van der Waals surface area contributed by atoms with Crippen LogP contribution in [-0.4, -0.2) is 13.1 Å². The van der Waals surface area contributed by atoms with Crippen molar-refractivity contribution in [2.45, 2.75) is 19.3 Å². The molecule has 0 spiro atoms. The van der Waals surface area contributed by atoms with Crippen molar-refractivity contribution in [3.8, 4) is 11.5 Å². The van der Waals surface area contributed by atoms with Crippen molar-refractivity contribution in [2.24, 2.45) is 0 Å². The molecule has 14 heavy (non-hydrogen) atoms. The van der Waals surface area contributed by atoms with Gasteiger partial charge < -0.3 is 9.47 Å². The summed E-state index contributed by atoms with van der Waals surface area (Å²) in [7, 11) is 1.60. The summed E-state index contributed by atoms with van der Waals surface area (Å²) in [4.78, 5) is 11.2. The molecule has 1 aromatic carbocycles. The lowest BCUT2D eigenvalue weighted by Gasteiger charge is -2.07. The van der Waals surface area contributed by atoms with Gasteiger partial charge in [-0.05, 0) is 24.5 Å². The molecule has 0 fully saturated rings. The number of methoxy groups -OCH3 is 1. The van der Waals surface area contributed by atoms with E-state index in [1.165, 1.54) is 0 Å². The van der Waals surface area contributed by atoms with Crippen molar-refractivity contribution < 1.29 is 14.3 Å². The van der Waals surface area contributed by atoms with Gasteiger partial charge in [0.25, 0.3) is 0 Å². The van der Waals surface area contributed by atoms with Crippen LogP contribution in [0.3, 0.4) is 0 Å². The molecule has 1 aliphatic rings. The highest BCUT2D eigenvalue weighted by Crippen LogP contribution is 2.28. The van der Waals surface area contributed by atoms with E-state index in [9.17, 15) is 4.79 Å². The maximum Gasteiger partial charge on any atom is 0.311 e. The van der Waals surface area contributed by atoms with Gasteiger partial charge in [0.1, 0.15) is 11.5 Å². The van der Waals surface area contributed by atoms with Crippen LogP contribution in [0.25, 0.3) is 0 Å². The average Bonchev–Trinajstić information content (AvgIpc) is 2.37. The third-order valence-electron chi connectivity index (χ3n) is 2.33. The van der Waals surface area contributed by atoms with Crippen molar-refractivity contribution in [3.05, 3.63) is 23.8 Å². The maximum absolute atomic E-state index is 11.2. The fraction of sp³-hybridized carbons (Fsp3) is 0.364. The van der Waals surface area contributed by atoms with Gasteiger partial charge in [-0.1, -0.05) is 6.07 Å². The molecular weight excluding hydrogens is 180 g/mol. The Morgan fingerprint density at radius 3 is 3.00 bits per heavy atom. The van der Waals surface area contributed by atoms with E-state index in [-0.39, 0.29) is 5.97 Å². The lowest BCUT2D eigenvalue weighted by atomic mass is 10.1. The van der Waals surface area contributed by atoms with E-state index in [1.54, 1.807) is 13.2 Å². The van der Waals surface area contributed by atoms with Crippen molar-refractivity contribution >= 4 is 5.97 Å². The number of hydrogen-bond acceptors (Lipinski definition) is 3. The number of rotatable bonds is 1. The summed E-state index contributed by atoms with van der Waals surface area (Å²) >= 11 is 0. The van der Waals surface area contributed by atoms with Crippen LogP contribution in [0, 0.1) is 0 Å². The first kappa shape index (κ1) is 9.06. The van der Waals surface area contributed by atoms with E-state index in [0.29, 0.717) is 12.2 Å². The number of fused-ring (bicyclic) bond motifs is 1. The second kappa shape index (κ2) is 3.70. The zero-order valence-electron chi connectivity index (χ0n) is 8.08. The van der Waals surface area contributed by atoms with Gasteiger partial charge in [0.2, 0.25) is 0 Å². The quantitative estimate of drug-likeness (QED) is 0.504. The molecule has 0 atom stereocenters. The molecule has 0 unspecified atom stereocenters. The van der Waals surface area contributed by atoms with Gasteiger partial charge in [0.15, 0.2) is 0 Å². The van der Waals surface area contributed by atoms with Crippen LogP contribution in [0.2, 0.25) is 0 Å². The topological polar surface area (TPSA) is 35.5 Å². The molecule has 0 radical (unpaired) electrons. The molecule has 0 saturated heterocycles. The molecular formula is C11H12O3. The summed E-state index contributed by atoms with van der Waals surface area (Å²) in [6.45, 7) is 0. The van der Waals surface area contributed by atoms with Gasteiger partial charge in [-0.25, -0.2) is 0 Å². The number of esters is 1. The Labute approximate surface area is 82.6 Å². The lowest BCUT2D eigenvalue weighted by molar-refractivity contribution is -0.134. The summed E-state index contributed by atoms with van der Waals surface area (Å²) in [6.07, 6.45) is 2.25. The second-order valence-electron chi connectivity index (χ2n) is 3.30. The SMILES string of the molecule is COc1ccc2c(c1)OC(=O)CCC2. The van der Waals surface area contributed by atoms with Crippen LogP contribution in [-0.2, 0) is 11.2 Å². The summed E-state index contributed by atoms with van der Waals surface area (Å²) in [5.74, 6) is 1.21. The first-order chi connectivity index (χ1) is 6.79. The monoisotopic (exact) mass is 192 g/mol. The first-order valence-electron chi connectivity index (χ1n) is 4.67. The fourth-order valence-corrected chi connectivity index (χ4v) is 1.56. The Kier molecular flexibility index (Phi) is 2.39. The largest absolute Gasteiger partial charge is 0.497 e. The normalized spacial score (nSPS) is 15.4.